The predicted octanol–water partition coefficient (Wildman–Crippen LogP) is 2.00. The lowest BCUT2D eigenvalue weighted by Gasteiger charge is -2.61. The molecule has 2 heterocycles. The molecule has 2 bridgehead atoms. The average molecular weight is 370 g/mol. The number of nitrogens with zero attached hydrogens (tertiary/aromatic N) is 1. The van der Waals surface area contributed by atoms with Crippen molar-refractivity contribution >= 4 is 5.91 Å². The number of fused-ring (bicyclic) bond motifs is 1. The molecular weight excluding hydrogens is 340 g/mol. The molecule has 0 radical (unpaired) electrons. The van der Waals surface area contributed by atoms with Crippen LogP contribution >= 0.6 is 0 Å². The van der Waals surface area contributed by atoms with Gasteiger partial charge in [0.25, 0.3) is 0 Å². The summed E-state index contributed by atoms with van der Waals surface area (Å²) in [7, 11) is 1.68. The highest BCUT2D eigenvalue weighted by molar-refractivity contribution is 5.79. The molecule has 2 aliphatic heterocycles. The van der Waals surface area contributed by atoms with E-state index in [-0.39, 0.29) is 18.0 Å². The summed E-state index contributed by atoms with van der Waals surface area (Å²) in [6, 6.07) is 6.31. The van der Waals surface area contributed by atoms with Crippen LogP contribution in [-0.4, -0.2) is 53.8 Å². The molecule has 1 amide bonds. The van der Waals surface area contributed by atoms with Gasteiger partial charge in [-0.25, -0.2) is 0 Å². The van der Waals surface area contributed by atoms with Crippen molar-refractivity contribution < 1.29 is 14.6 Å². The van der Waals surface area contributed by atoms with Gasteiger partial charge in [0.2, 0.25) is 5.91 Å². The summed E-state index contributed by atoms with van der Waals surface area (Å²) < 4.78 is 5.50. The summed E-state index contributed by atoms with van der Waals surface area (Å²) in [5.41, 5.74) is 0.997. The van der Waals surface area contributed by atoms with Gasteiger partial charge in [-0.15, -0.1) is 0 Å². The Labute approximate surface area is 161 Å². The lowest BCUT2D eigenvalue weighted by molar-refractivity contribution is -0.155. The van der Waals surface area contributed by atoms with E-state index in [1.807, 2.05) is 13.0 Å². The zero-order valence-electron chi connectivity index (χ0n) is 16.3. The van der Waals surface area contributed by atoms with Gasteiger partial charge in [-0.1, -0.05) is 6.07 Å². The highest BCUT2D eigenvalue weighted by Crippen LogP contribution is 2.56. The highest BCUT2D eigenvalue weighted by Gasteiger charge is 2.64. The monoisotopic (exact) mass is 370 g/mol. The highest BCUT2D eigenvalue weighted by atomic mass is 16.5. The van der Waals surface area contributed by atoms with E-state index >= 15 is 0 Å². The van der Waals surface area contributed by atoms with Crippen molar-refractivity contribution in [1.82, 2.24) is 10.2 Å². The first kappa shape index (κ1) is 17.5. The quantitative estimate of drug-likeness (QED) is 0.854. The van der Waals surface area contributed by atoms with Gasteiger partial charge in [0, 0.05) is 30.5 Å². The van der Waals surface area contributed by atoms with E-state index in [1.165, 1.54) is 18.4 Å². The topological polar surface area (TPSA) is 61.8 Å². The van der Waals surface area contributed by atoms with Crippen LogP contribution in [0.25, 0.3) is 0 Å². The summed E-state index contributed by atoms with van der Waals surface area (Å²) in [5, 5.41) is 15.4. The first-order chi connectivity index (χ1) is 12.9. The Morgan fingerprint density at radius 3 is 2.93 bits per heavy atom. The Kier molecular flexibility index (Phi) is 3.86. The Morgan fingerprint density at radius 1 is 1.37 bits per heavy atom. The number of ether oxygens (including phenoxy) is 1. The Balaban J connectivity index is 1.67. The molecule has 4 atom stereocenters. The van der Waals surface area contributed by atoms with E-state index in [0.29, 0.717) is 12.8 Å². The van der Waals surface area contributed by atoms with Gasteiger partial charge in [0.1, 0.15) is 5.75 Å². The zero-order valence-corrected chi connectivity index (χ0v) is 16.3. The molecule has 1 saturated carbocycles. The number of hydrogen-bond donors (Lipinski definition) is 2. The van der Waals surface area contributed by atoms with Crippen LogP contribution < -0.4 is 10.1 Å². The molecule has 4 aliphatic rings. The van der Waals surface area contributed by atoms with Crippen LogP contribution in [0.1, 0.15) is 50.2 Å². The van der Waals surface area contributed by atoms with Gasteiger partial charge in [0.05, 0.1) is 12.7 Å². The normalized spacial score (nSPS) is 38.4. The second-order valence-corrected chi connectivity index (χ2v) is 9.29. The van der Waals surface area contributed by atoms with Crippen LogP contribution in [0.4, 0.5) is 0 Å². The molecule has 2 N–H and O–H groups in total. The van der Waals surface area contributed by atoms with Crippen molar-refractivity contribution in [2.45, 2.75) is 68.5 Å². The third kappa shape index (κ3) is 2.54. The van der Waals surface area contributed by atoms with Gasteiger partial charge in [-0.2, -0.15) is 0 Å². The van der Waals surface area contributed by atoms with E-state index in [0.717, 1.165) is 43.2 Å². The number of methoxy groups -OCH3 is 1. The van der Waals surface area contributed by atoms with Crippen molar-refractivity contribution in [3.05, 3.63) is 29.3 Å². The van der Waals surface area contributed by atoms with Crippen LogP contribution in [-0.2, 0) is 16.6 Å². The molecule has 27 heavy (non-hydrogen) atoms. The Bertz CT molecular complexity index is 777. The summed E-state index contributed by atoms with van der Waals surface area (Å²) in [5.74, 6) is 1.66. The van der Waals surface area contributed by atoms with E-state index < -0.39 is 11.0 Å². The van der Waals surface area contributed by atoms with E-state index in [4.69, 9.17) is 4.74 Å². The first-order valence-corrected chi connectivity index (χ1v) is 10.4. The molecule has 2 aliphatic carbocycles. The standard InChI is InChI=1S/C22H30N2O3/c1-14-11-22(26)19-9-16-5-6-17(27-2)10-18(16)21(22,12-20(25)23-14)7-8-24(19)13-15-3-4-15/h5-6,10,14-15,19,26H,3-4,7-9,11-13H2,1-2H3,(H,23,25)/t14?,19-,21-,22-/m1/s1. The summed E-state index contributed by atoms with van der Waals surface area (Å²) in [4.78, 5) is 15.3. The lowest BCUT2D eigenvalue weighted by atomic mass is 9.52. The van der Waals surface area contributed by atoms with Gasteiger partial charge < -0.3 is 15.2 Å². The largest absolute Gasteiger partial charge is 0.497 e. The second-order valence-electron chi connectivity index (χ2n) is 9.29. The zero-order chi connectivity index (χ0) is 18.8. The number of carbonyl (C=O) groups is 1. The van der Waals surface area contributed by atoms with Crippen molar-refractivity contribution in [3.8, 4) is 5.75 Å². The molecule has 0 spiro atoms. The van der Waals surface area contributed by atoms with Crippen LogP contribution in [0, 0.1) is 5.92 Å². The van der Waals surface area contributed by atoms with Gasteiger partial charge in [0.15, 0.2) is 0 Å². The molecule has 146 valence electrons. The van der Waals surface area contributed by atoms with Crippen molar-refractivity contribution in [3.63, 3.8) is 0 Å². The summed E-state index contributed by atoms with van der Waals surface area (Å²) in [6.45, 7) is 4.07. The van der Waals surface area contributed by atoms with Crippen LogP contribution in [0.3, 0.4) is 0 Å². The van der Waals surface area contributed by atoms with Crippen molar-refractivity contribution in [2.75, 3.05) is 20.2 Å². The fourth-order valence-corrected chi connectivity index (χ4v) is 6.14. The van der Waals surface area contributed by atoms with Gasteiger partial charge in [-0.05, 0) is 74.8 Å². The molecule has 2 saturated heterocycles. The Hall–Kier alpha value is -1.59. The lowest BCUT2D eigenvalue weighted by Crippen LogP contribution is -2.72. The molecule has 1 aromatic rings. The first-order valence-electron chi connectivity index (χ1n) is 10.4. The van der Waals surface area contributed by atoms with E-state index in [2.05, 4.69) is 22.3 Å². The third-order valence-electron chi connectivity index (χ3n) is 7.57. The van der Waals surface area contributed by atoms with Crippen LogP contribution in [0.5, 0.6) is 5.75 Å². The molecular formula is C22H30N2O3. The number of aliphatic hydroxyl groups is 1. The second kappa shape index (κ2) is 5.95. The van der Waals surface area contributed by atoms with E-state index in [9.17, 15) is 9.90 Å². The molecule has 5 rings (SSSR count). The smallest absolute Gasteiger partial charge is 0.221 e. The number of benzene rings is 1. The van der Waals surface area contributed by atoms with Gasteiger partial charge >= 0.3 is 0 Å². The van der Waals surface area contributed by atoms with Crippen LogP contribution in [0.2, 0.25) is 0 Å². The summed E-state index contributed by atoms with van der Waals surface area (Å²) in [6.07, 6.45) is 5.29. The molecule has 3 fully saturated rings. The molecule has 1 unspecified atom stereocenters. The number of likely N-dealkylation sites (tertiary alicyclic amines) is 1. The molecule has 5 heteroatoms. The number of rotatable bonds is 3. The molecule has 5 nitrogen and oxygen atoms in total. The fourth-order valence-electron chi connectivity index (χ4n) is 6.14. The number of nitrogens with one attached hydrogen (secondary N) is 1. The molecule has 1 aromatic carbocycles. The number of amides is 1. The van der Waals surface area contributed by atoms with Crippen molar-refractivity contribution in [1.29, 1.82) is 0 Å². The van der Waals surface area contributed by atoms with Crippen LogP contribution in [0.15, 0.2) is 18.2 Å². The minimum Gasteiger partial charge on any atom is -0.497 e. The Morgan fingerprint density at radius 2 is 2.19 bits per heavy atom. The SMILES string of the molecule is COc1ccc2c(c1)[C@]13CCN(CC4CC4)[C@H](C2)[C@]1(O)CC(C)NC(=O)C3. The third-order valence-corrected chi connectivity index (χ3v) is 7.57. The minimum absolute atomic E-state index is 0.0140. The summed E-state index contributed by atoms with van der Waals surface area (Å²) >= 11 is 0. The van der Waals surface area contributed by atoms with Gasteiger partial charge in [-0.3, -0.25) is 9.69 Å². The predicted molar refractivity (Wildman–Crippen MR) is 103 cm³/mol. The maximum Gasteiger partial charge on any atom is 0.221 e. The number of piperidine rings is 1. The van der Waals surface area contributed by atoms with Crippen molar-refractivity contribution in [2.24, 2.45) is 5.92 Å². The number of carbonyl (C=O) groups excluding carboxylic acids is 1. The fraction of sp³-hybridized carbons (Fsp3) is 0.682. The minimum atomic E-state index is -0.891. The number of hydrogen-bond acceptors (Lipinski definition) is 4. The average Bonchev–Trinajstić information content (AvgIpc) is 3.43. The maximum atomic E-state index is 12.8. The maximum absolute atomic E-state index is 12.8. The van der Waals surface area contributed by atoms with E-state index in [1.54, 1.807) is 7.11 Å². The molecule has 0 aromatic heterocycles.